The van der Waals surface area contributed by atoms with Crippen LogP contribution in [-0.4, -0.2) is 129 Å². The predicted molar refractivity (Wildman–Crippen MR) is 327 cm³/mol. The molecule has 0 spiro atoms. The molecule has 0 amide bonds. The molecule has 0 aromatic heterocycles. The zero-order valence-corrected chi connectivity index (χ0v) is 52.4. The molecule has 2 N–H and O–H groups in total. The number of unbranched alkanes of at least 4 members (excludes halogenated alkanes) is 27. The fourth-order valence-corrected chi connectivity index (χ4v) is 10.9. The molecule has 9 heteroatoms. The molecule has 0 aromatic rings. The number of aliphatic hydroxyl groups excluding tert-OH is 2. The van der Waals surface area contributed by atoms with Crippen molar-refractivity contribution in [2.45, 2.75) is 337 Å². The number of aliphatic hydroxyl groups is 2. The highest BCUT2D eigenvalue weighted by atomic mass is 16.7. The van der Waals surface area contributed by atoms with E-state index < -0.39 is 0 Å². The Kier molecular flexibility index (Phi) is 63.4. The van der Waals surface area contributed by atoms with E-state index in [2.05, 4.69) is 42.4 Å². The molecule has 1 aliphatic carbocycles. The molecule has 2 fully saturated rings. The number of esters is 1. The lowest BCUT2D eigenvalue weighted by atomic mass is 9.96. The summed E-state index contributed by atoms with van der Waals surface area (Å²) < 4.78 is 18.2. The van der Waals surface area contributed by atoms with Crippen molar-refractivity contribution >= 4 is 5.97 Å². The van der Waals surface area contributed by atoms with Gasteiger partial charge in [-0.15, -0.1) is 0 Å². The van der Waals surface area contributed by atoms with E-state index in [0.29, 0.717) is 13.0 Å². The summed E-state index contributed by atoms with van der Waals surface area (Å²) in [7, 11) is 1.00. The summed E-state index contributed by atoms with van der Waals surface area (Å²) in [5.41, 5.74) is 0. The van der Waals surface area contributed by atoms with Crippen LogP contribution < -0.4 is 0 Å². The van der Waals surface area contributed by atoms with Crippen LogP contribution in [0.3, 0.4) is 0 Å². The number of hydrogen-bond acceptors (Lipinski definition) is 9. The second kappa shape index (κ2) is 62.4. The van der Waals surface area contributed by atoms with Gasteiger partial charge in [-0.05, 0) is 115 Å². The maximum absolute atomic E-state index is 12.5. The van der Waals surface area contributed by atoms with Gasteiger partial charge in [0.25, 0.3) is 0 Å². The van der Waals surface area contributed by atoms with Gasteiger partial charge in [0.15, 0.2) is 6.29 Å². The molecule has 0 bridgehead atoms. The average molecular weight is 1070 g/mol. The van der Waals surface area contributed by atoms with E-state index in [1.165, 1.54) is 257 Å². The summed E-state index contributed by atoms with van der Waals surface area (Å²) >= 11 is 0. The molecule has 75 heavy (non-hydrogen) atoms. The van der Waals surface area contributed by atoms with Crippen molar-refractivity contribution in [3.63, 3.8) is 0 Å². The van der Waals surface area contributed by atoms with Gasteiger partial charge in [0.1, 0.15) is 0 Å². The first-order valence-electron chi connectivity index (χ1n) is 33.7. The summed E-state index contributed by atoms with van der Waals surface area (Å²) in [4.78, 5) is 20.7. The lowest BCUT2D eigenvalue weighted by Crippen LogP contribution is -2.38. The Bertz CT molecular complexity index is 1070. The zero-order chi connectivity index (χ0) is 55.5. The summed E-state index contributed by atoms with van der Waals surface area (Å²) in [5, 5.41) is 16.6. The topological polar surface area (TPSA) is 94.9 Å². The van der Waals surface area contributed by atoms with E-state index in [9.17, 15) is 9.90 Å². The van der Waals surface area contributed by atoms with Gasteiger partial charge in [0, 0.05) is 65.0 Å². The lowest BCUT2D eigenvalue weighted by molar-refractivity contribution is -0.148. The number of rotatable bonds is 55. The molecule has 1 aliphatic heterocycles. The summed E-state index contributed by atoms with van der Waals surface area (Å²) in [6, 6.07) is 1.46. The maximum atomic E-state index is 12.5. The minimum atomic E-state index is -0.00702. The molecule has 0 radical (unpaired) electrons. The number of hydrogen-bond donors (Lipinski definition) is 2. The van der Waals surface area contributed by atoms with Crippen LogP contribution in [0.2, 0.25) is 0 Å². The number of ether oxygens (including phenoxy) is 3. The molecule has 2 unspecified atom stereocenters. The van der Waals surface area contributed by atoms with Gasteiger partial charge in [-0.3, -0.25) is 9.69 Å². The second-order valence-electron chi connectivity index (χ2n) is 22.2. The fourth-order valence-electron chi connectivity index (χ4n) is 10.9. The highest BCUT2D eigenvalue weighted by molar-refractivity contribution is 5.69. The van der Waals surface area contributed by atoms with Gasteiger partial charge in [0.05, 0.1) is 13.2 Å². The van der Waals surface area contributed by atoms with Crippen molar-refractivity contribution in [3.05, 3.63) is 0 Å². The molecular formula is C66H137N3O6. The largest absolute Gasteiger partial charge is 0.466 e. The van der Waals surface area contributed by atoms with Gasteiger partial charge < -0.3 is 34.2 Å². The second-order valence-corrected chi connectivity index (χ2v) is 22.2. The summed E-state index contributed by atoms with van der Waals surface area (Å²) in [6.07, 6.45) is 51.9. The Balaban J connectivity index is 0. The highest BCUT2D eigenvalue weighted by Crippen LogP contribution is 2.31. The molecule has 1 saturated heterocycles. The van der Waals surface area contributed by atoms with Gasteiger partial charge in [-0.2, -0.15) is 0 Å². The monoisotopic (exact) mass is 1070 g/mol. The molecule has 0 aromatic carbocycles. The third-order valence-electron chi connectivity index (χ3n) is 15.6. The number of carbonyl (C=O) groups excluding carboxylic acids is 1. The van der Waals surface area contributed by atoms with Crippen LogP contribution in [0.5, 0.6) is 0 Å². The Morgan fingerprint density at radius 3 is 1.49 bits per heavy atom. The Morgan fingerprint density at radius 2 is 0.960 bits per heavy atom. The van der Waals surface area contributed by atoms with E-state index in [1.54, 1.807) is 0 Å². The van der Waals surface area contributed by atoms with Crippen LogP contribution in [0.1, 0.15) is 319 Å². The normalized spacial score (nSPS) is 15.5. The molecule has 1 saturated carbocycles. The first-order valence-corrected chi connectivity index (χ1v) is 33.7. The molecule has 2 aliphatic rings. The van der Waals surface area contributed by atoms with Crippen molar-refractivity contribution in [2.24, 2.45) is 5.92 Å². The van der Waals surface area contributed by atoms with Crippen LogP contribution in [0.15, 0.2) is 0 Å². The van der Waals surface area contributed by atoms with Crippen molar-refractivity contribution in [3.8, 4) is 0 Å². The van der Waals surface area contributed by atoms with Crippen molar-refractivity contribution in [2.75, 3.05) is 79.4 Å². The van der Waals surface area contributed by atoms with Gasteiger partial charge in [-0.25, -0.2) is 0 Å². The third-order valence-corrected chi connectivity index (χ3v) is 15.6. The standard InChI is InChI=1S/C61H121N3O5.2C2H6.CH4O/c1-5-9-13-16-17-18-22-27-36-52-67-60(66)41-30-28-34-47-64-56-57(39-32-35-46-62(45-33-12-8-4)48-49-63(50-51-65)58-43-44-58)55-59(64)40-29-23-20-19-21-24-31-42-61(68-53-37-25-14-10-6-2)69-54-38-26-15-11-7-3;3*1-2/h57-59,61,65H,5-56H2,1-4H3;2*1-2H3;2H,1H3. The number of carbonyl (C=O) groups is 1. The first kappa shape index (κ1) is 76.3. The minimum Gasteiger partial charge on any atom is -0.466 e. The average Bonchev–Trinajstić information content (AvgIpc) is 4.22. The molecule has 2 rings (SSSR count). The maximum Gasteiger partial charge on any atom is 0.305 e. The third kappa shape index (κ3) is 49.9. The number of nitrogens with zero attached hydrogens (tertiary/aromatic N) is 3. The molecule has 452 valence electrons. The van der Waals surface area contributed by atoms with Crippen molar-refractivity contribution in [1.82, 2.24) is 14.7 Å². The SMILES string of the molecule is CC.CC.CCCCCCCCCCCOC(=O)CCCCCN1CC(CCCCN(CCCCC)CCN(CCO)C2CC2)CC1CCCCCCCCCC(OCCCCCCC)OCCCCCCC.CO. The molecular weight excluding hydrogens is 931 g/mol. The molecule has 1 heterocycles. The smallest absolute Gasteiger partial charge is 0.305 e. The van der Waals surface area contributed by atoms with E-state index >= 15 is 0 Å². The Morgan fingerprint density at radius 1 is 0.507 bits per heavy atom. The van der Waals surface area contributed by atoms with Crippen molar-refractivity contribution < 1.29 is 29.2 Å². The van der Waals surface area contributed by atoms with Crippen LogP contribution in [0.4, 0.5) is 0 Å². The van der Waals surface area contributed by atoms with E-state index in [1.807, 2.05) is 27.7 Å². The zero-order valence-electron chi connectivity index (χ0n) is 52.4. The number of likely N-dealkylation sites (tertiary alicyclic amines) is 1. The van der Waals surface area contributed by atoms with Gasteiger partial charge in [0.2, 0.25) is 0 Å². The summed E-state index contributed by atoms with van der Waals surface area (Å²) in [5.74, 6) is 0.843. The van der Waals surface area contributed by atoms with E-state index in [4.69, 9.17) is 19.3 Å². The molecule has 9 nitrogen and oxygen atoms in total. The first-order chi connectivity index (χ1) is 37.0. The fraction of sp³-hybridized carbons (Fsp3) is 0.985. The van der Waals surface area contributed by atoms with Crippen molar-refractivity contribution in [1.29, 1.82) is 0 Å². The van der Waals surface area contributed by atoms with Crippen LogP contribution in [0.25, 0.3) is 0 Å². The highest BCUT2D eigenvalue weighted by Gasteiger charge is 2.31. The predicted octanol–water partition coefficient (Wildman–Crippen LogP) is 17.9. The molecule has 2 atom stereocenters. The lowest BCUT2D eigenvalue weighted by Gasteiger charge is -2.27. The van der Waals surface area contributed by atoms with E-state index in [-0.39, 0.29) is 18.9 Å². The van der Waals surface area contributed by atoms with Gasteiger partial charge in [-0.1, -0.05) is 222 Å². The quantitative estimate of drug-likeness (QED) is 0.0351. The van der Waals surface area contributed by atoms with Crippen LogP contribution in [0, 0.1) is 5.92 Å². The summed E-state index contributed by atoms with van der Waals surface area (Å²) in [6.45, 7) is 27.8. The minimum absolute atomic E-state index is 0.00702. The van der Waals surface area contributed by atoms with Gasteiger partial charge >= 0.3 is 5.97 Å². The Labute approximate surface area is 470 Å². The van der Waals surface area contributed by atoms with Crippen LogP contribution in [-0.2, 0) is 19.0 Å². The Hall–Kier alpha value is -0.810. The van der Waals surface area contributed by atoms with Crippen LogP contribution >= 0.6 is 0 Å². The van der Waals surface area contributed by atoms with E-state index in [0.717, 1.165) is 83.6 Å².